The van der Waals surface area contributed by atoms with E-state index in [2.05, 4.69) is 0 Å². The second-order valence-corrected chi connectivity index (χ2v) is 4.11. The van der Waals surface area contributed by atoms with Gasteiger partial charge in [-0.2, -0.15) is 0 Å². The molecule has 1 saturated carbocycles. The van der Waals surface area contributed by atoms with E-state index in [0.29, 0.717) is 6.42 Å². The van der Waals surface area contributed by atoms with Crippen molar-refractivity contribution < 1.29 is 18.8 Å². The largest absolute Gasteiger partial charge is 0.461 e. The molecule has 1 saturated heterocycles. The van der Waals surface area contributed by atoms with Gasteiger partial charge in [-0.05, 0) is 18.6 Å². The number of nitrogens with zero attached hydrogens (tertiary/aromatic N) is 1. The van der Waals surface area contributed by atoms with Gasteiger partial charge in [0.15, 0.2) is 5.76 Å². The van der Waals surface area contributed by atoms with Crippen molar-refractivity contribution in [2.75, 3.05) is 6.54 Å². The van der Waals surface area contributed by atoms with Gasteiger partial charge in [0.2, 0.25) is 17.6 Å². The summed E-state index contributed by atoms with van der Waals surface area (Å²) in [6.07, 6.45) is 2.04. The number of likely N-dealkylation sites (tertiary alicyclic amines) is 1. The molecule has 0 aromatic carbocycles. The summed E-state index contributed by atoms with van der Waals surface area (Å²) in [7, 11) is 0. The van der Waals surface area contributed by atoms with Crippen LogP contribution in [0, 0.1) is 11.8 Å². The molecule has 2 fully saturated rings. The molecular formula is C11H9NO4. The minimum absolute atomic E-state index is 0.156. The Morgan fingerprint density at radius 2 is 2.06 bits per heavy atom. The highest BCUT2D eigenvalue weighted by Crippen LogP contribution is 2.46. The molecule has 82 valence electrons. The predicted molar refractivity (Wildman–Crippen MR) is 51.4 cm³/mol. The van der Waals surface area contributed by atoms with E-state index in [4.69, 9.17) is 4.42 Å². The van der Waals surface area contributed by atoms with E-state index in [1.54, 1.807) is 6.07 Å². The van der Waals surface area contributed by atoms with Crippen LogP contribution in [0.3, 0.4) is 0 Å². The Bertz CT molecular complexity index is 456. The molecule has 0 radical (unpaired) electrons. The van der Waals surface area contributed by atoms with Crippen LogP contribution in [0.1, 0.15) is 17.0 Å². The van der Waals surface area contributed by atoms with Gasteiger partial charge in [-0.25, -0.2) is 0 Å². The first-order valence-corrected chi connectivity index (χ1v) is 5.10. The lowest BCUT2D eigenvalue weighted by atomic mass is 10.2. The number of imide groups is 1. The molecule has 0 spiro atoms. The van der Waals surface area contributed by atoms with E-state index >= 15 is 0 Å². The topological polar surface area (TPSA) is 67.6 Å². The molecule has 2 amide bonds. The molecule has 0 bridgehead atoms. The number of rotatable bonds is 3. The molecule has 1 aromatic rings. The maximum atomic E-state index is 11.6. The summed E-state index contributed by atoms with van der Waals surface area (Å²) in [6, 6.07) is 3.12. The Labute approximate surface area is 91.0 Å². The lowest BCUT2D eigenvalue weighted by molar-refractivity contribution is -0.140. The van der Waals surface area contributed by atoms with Crippen molar-refractivity contribution in [3.8, 4) is 0 Å². The Kier molecular flexibility index (Phi) is 1.77. The maximum absolute atomic E-state index is 11.6. The van der Waals surface area contributed by atoms with Gasteiger partial charge in [-0.3, -0.25) is 19.3 Å². The first-order valence-electron chi connectivity index (χ1n) is 5.10. The zero-order chi connectivity index (χ0) is 11.3. The van der Waals surface area contributed by atoms with Crippen molar-refractivity contribution in [2.45, 2.75) is 6.42 Å². The molecule has 16 heavy (non-hydrogen) atoms. The summed E-state index contributed by atoms with van der Waals surface area (Å²) >= 11 is 0. The Hall–Kier alpha value is -1.91. The third-order valence-electron chi connectivity index (χ3n) is 3.05. The highest BCUT2D eigenvalue weighted by Gasteiger charge is 2.59. The molecule has 1 aliphatic heterocycles. The lowest BCUT2D eigenvalue weighted by Crippen LogP contribution is -2.37. The molecule has 2 aliphatic rings. The molecule has 5 heteroatoms. The minimum atomic E-state index is -0.340. The van der Waals surface area contributed by atoms with Gasteiger partial charge in [-0.1, -0.05) is 0 Å². The zero-order valence-corrected chi connectivity index (χ0v) is 8.38. The molecular weight excluding hydrogens is 210 g/mol. The average Bonchev–Trinajstić information content (AvgIpc) is 2.81. The smallest absolute Gasteiger partial charge is 0.233 e. The van der Waals surface area contributed by atoms with E-state index in [-0.39, 0.29) is 41.7 Å². The Morgan fingerprint density at radius 1 is 1.38 bits per heavy atom. The standard InChI is InChI=1S/C11H9NO4/c13-8(9-2-1-3-16-9)5-12-10(14)6-4-7(6)11(12)15/h1-3,6-7H,4-5H2. The first kappa shape index (κ1) is 9.33. The van der Waals surface area contributed by atoms with Crippen LogP contribution in [0.25, 0.3) is 0 Å². The number of hydrogen-bond donors (Lipinski definition) is 0. The van der Waals surface area contributed by atoms with Gasteiger partial charge >= 0.3 is 0 Å². The molecule has 0 N–H and O–H groups in total. The summed E-state index contributed by atoms with van der Waals surface area (Å²) < 4.78 is 4.92. The van der Waals surface area contributed by atoms with Crippen LogP contribution in [-0.4, -0.2) is 29.0 Å². The number of carbonyl (C=O) groups is 3. The van der Waals surface area contributed by atoms with Gasteiger partial charge in [0, 0.05) is 0 Å². The zero-order valence-electron chi connectivity index (χ0n) is 8.38. The summed E-state index contributed by atoms with van der Waals surface area (Å²) in [4.78, 5) is 35.8. The number of furan rings is 1. The highest BCUT2D eigenvalue weighted by molar-refractivity contribution is 6.12. The molecule has 3 rings (SSSR count). The Balaban J connectivity index is 1.74. The van der Waals surface area contributed by atoms with Gasteiger partial charge in [0.1, 0.15) is 0 Å². The van der Waals surface area contributed by atoms with Crippen molar-refractivity contribution in [1.29, 1.82) is 0 Å². The lowest BCUT2D eigenvalue weighted by Gasteiger charge is -2.14. The molecule has 1 aromatic heterocycles. The van der Waals surface area contributed by atoms with Crippen molar-refractivity contribution in [2.24, 2.45) is 11.8 Å². The summed E-state index contributed by atoms with van der Waals surface area (Å²) in [5.41, 5.74) is 0. The number of Topliss-reactive ketones (excluding diaryl/α,β-unsaturated/α-hetero) is 1. The number of hydrogen-bond acceptors (Lipinski definition) is 4. The van der Waals surface area contributed by atoms with Crippen LogP contribution in [-0.2, 0) is 9.59 Å². The van der Waals surface area contributed by atoms with Gasteiger partial charge in [-0.15, -0.1) is 0 Å². The number of amides is 2. The summed E-state index contributed by atoms with van der Waals surface area (Å²) in [5, 5.41) is 0. The van der Waals surface area contributed by atoms with Crippen LogP contribution in [0.5, 0.6) is 0 Å². The van der Waals surface area contributed by atoms with Crippen LogP contribution >= 0.6 is 0 Å². The highest BCUT2D eigenvalue weighted by atomic mass is 16.3. The normalized spacial score (nSPS) is 27.1. The second kappa shape index (κ2) is 3.04. The van der Waals surface area contributed by atoms with Gasteiger partial charge in [0.25, 0.3) is 0 Å². The van der Waals surface area contributed by atoms with Crippen molar-refractivity contribution >= 4 is 17.6 Å². The van der Waals surface area contributed by atoms with Crippen LogP contribution in [0.2, 0.25) is 0 Å². The second-order valence-electron chi connectivity index (χ2n) is 4.11. The summed E-state index contributed by atoms with van der Waals surface area (Å²) in [6.45, 7) is -0.196. The first-order chi connectivity index (χ1) is 7.68. The van der Waals surface area contributed by atoms with Crippen LogP contribution < -0.4 is 0 Å². The number of piperidine rings is 1. The van der Waals surface area contributed by atoms with E-state index in [1.807, 2.05) is 0 Å². The molecule has 2 unspecified atom stereocenters. The minimum Gasteiger partial charge on any atom is -0.461 e. The molecule has 2 atom stereocenters. The fraction of sp³-hybridized carbons (Fsp3) is 0.364. The quantitative estimate of drug-likeness (QED) is 0.547. The van der Waals surface area contributed by atoms with Gasteiger partial charge < -0.3 is 4.42 Å². The van der Waals surface area contributed by atoms with Crippen molar-refractivity contribution in [3.63, 3.8) is 0 Å². The van der Waals surface area contributed by atoms with Crippen molar-refractivity contribution in [3.05, 3.63) is 24.2 Å². The maximum Gasteiger partial charge on any atom is 0.233 e. The van der Waals surface area contributed by atoms with E-state index in [0.717, 1.165) is 4.90 Å². The number of carbonyl (C=O) groups excluding carboxylic acids is 3. The third-order valence-corrected chi connectivity index (χ3v) is 3.05. The molecule has 2 heterocycles. The third kappa shape index (κ3) is 1.21. The Morgan fingerprint density at radius 3 is 2.62 bits per heavy atom. The van der Waals surface area contributed by atoms with E-state index in [9.17, 15) is 14.4 Å². The number of ketones is 1. The number of fused-ring (bicyclic) bond motifs is 1. The van der Waals surface area contributed by atoms with E-state index in [1.165, 1.54) is 12.3 Å². The van der Waals surface area contributed by atoms with Crippen molar-refractivity contribution in [1.82, 2.24) is 4.90 Å². The molecule has 1 aliphatic carbocycles. The fourth-order valence-electron chi connectivity index (χ4n) is 2.06. The van der Waals surface area contributed by atoms with E-state index < -0.39 is 0 Å². The van der Waals surface area contributed by atoms with Crippen LogP contribution in [0.15, 0.2) is 22.8 Å². The summed E-state index contributed by atoms with van der Waals surface area (Å²) in [5.74, 6) is -0.896. The molecule has 5 nitrogen and oxygen atoms in total. The van der Waals surface area contributed by atoms with Crippen LogP contribution in [0.4, 0.5) is 0 Å². The predicted octanol–water partition coefficient (Wildman–Crippen LogP) is 0.467. The fourth-order valence-corrected chi connectivity index (χ4v) is 2.06. The SMILES string of the molecule is O=C(CN1C(=O)C2CC2C1=O)c1ccco1. The van der Waals surface area contributed by atoms with Gasteiger partial charge in [0.05, 0.1) is 24.6 Å². The monoisotopic (exact) mass is 219 g/mol. The average molecular weight is 219 g/mol.